The zero-order valence-corrected chi connectivity index (χ0v) is 12.7. The van der Waals surface area contributed by atoms with Crippen LogP contribution in [0, 0.1) is 10.8 Å². The number of aliphatic imine (C=N–C) groups is 2. The molecule has 1 aliphatic carbocycles. The van der Waals surface area contributed by atoms with Gasteiger partial charge in [0.25, 0.3) is 0 Å². The summed E-state index contributed by atoms with van der Waals surface area (Å²) >= 11 is 0. The Kier molecular flexibility index (Phi) is 7.68. The molecule has 0 saturated heterocycles. The summed E-state index contributed by atoms with van der Waals surface area (Å²) in [5, 5.41) is 0. The molecule has 0 aromatic heterocycles. The molecular formula is C16H24N2O2. The van der Waals surface area contributed by atoms with Crippen molar-refractivity contribution in [3.8, 4) is 0 Å². The van der Waals surface area contributed by atoms with Crippen molar-refractivity contribution in [2.75, 3.05) is 6.54 Å². The first-order chi connectivity index (χ1) is 9.32. The normalized spacial score (nSPS) is 26.9. The highest BCUT2D eigenvalue weighted by atomic mass is 16.1. The first kappa shape index (κ1) is 18.2. The molecule has 2 atom stereocenters. The van der Waals surface area contributed by atoms with E-state index in [1.807, 2.05) is 0 Å². The van der Waals surface area contributed by atoms with E-state index in [4.69, 9.17) is 0 Å². The third kappa shape index (κ3) is 6.98. The standard InChI is InChI=1S/C12H18N2O2.C4H6/c1-11(2)4-10(14-9-16)5-12(3,6-11)7-13-8-15;1-3-4-2/h10H,4-7H2,1-3H3;3-4H,1-2H2. The Morgan fingerprint density at radius 2 is 1.75 bits per heavy atom. The van der Waals surface area contributed by atoms with Crippen LogP contribution in [0.15, 0.2) is 35.3 Å². The van der Waals surface area contributed by atoms with E-state index in [0.29, 0.717) is 6.54 Å². The van der Waals surface area contributed by atoms with E-state index in [2.05, 4.69) is 43.9 Å². The molecule has 1 rings (SSSR count). The number of hydrogen-bond acceptors (Lipinski definition) is 4. The Balaban J connectivity index is 0.000000796. The summed E-state index contributed by atoms with van der Waals surface area (Å²) in [4.78, 5) is 28.0. The Morgan fingerprint density at radius 3 is 2.20 bits per heavy atom. The predicted octanol–water partition coefficient (Wildman–Crippen LogP) is 3.60. The molecule has 0 bridgehead atoms. The molecule has 2 unspecified atom stereocenters. The fourth-order valence-corrected chi connectivity index (χ4v) is 3.09. The lowest BCUT2D eigenvalue weighted by Crippen LogP contribution is -2.39. The lowest BCUT2D eigenvalue weighted by molar-refractivity contribution is 0.0915. The van der Waals surface area contributed by atoms with E-state index in [1.165, 1.54) is 0 Å². The molecule has 0 heterocycles. The van der Waals surface area contributed by atoms with E-state index < -0.39 is 0 Å². The number of allylic oxidation sites excluding steroid dienone is 2. The van der Waals surface area contributed by atoms with Crippen molar-refractivity contribution in [1.82, 2.24) is 0 Å². The first-order valence-corrected chi connectivity index (χ1v) is 6.66. The second-order valence-electron chi connectivity index (χ2n) is 6.31. The third-order valence-electron chi connectivity index (χ3n) is 3.35. The van der Waals surface area contributed by atoms with Crippen molar-refractivity contribution in [3.05, 3.63) is 25.3 Å². The summed E-state index contributed by atoms with van der Waals surface area (Å²) in [5.74, 6) is 0. The molecule has 0 amide bonds. The number of carbonyl (C=O) groups excluding carboxylic acids is 2. The smallest absolute Gasteiger partial charge is 0.211 e. The van der Waals surface area contributed by atoms with Gasteiger partial charge in [-0.2, -0.15) is 0 Å². The van der Waals surface area contributed by atoms with E-state index in [0.717, 1.165) is 19.3 Å². The maximum atomic E-state index is 10.3. The average molecular weight is 276 g/mol. The monoisotopic (exact) mass is 276 g/mol. The highest BCUT2D eigenvalue weighted by Crippen LogP contribution is 2.47. The summed E-state index contributed by atoms with van der Waals surface area (Å²) in [7, 11) is 0. The largest absolute Gasteiger partial charge is 0.235 e. The van der Waals surface area contributed by atoms with Crippen molar-refractivity contribution in [3.63, 3.8) is 0 Å². The van der Waals surface area contributed by atoms with Crippen molar-refractivity contribution in [2.45, 2.75) is 46.1 Å². The van der Waals surface area contributed by atoms with Crippen LogP contribution in [0.2, 0.25) is 0 Å². The molecule has 0 aromatic rings. The molecule has 0 aliphatic heterocycles. The van der Waals surface area contributed by atoms with Crippen LogP contribution in [0.5, 0.6) is 0 Å². The summed E-state index contributed by atoms with van der Waals surface area (Å²) in [6.07, 6.45) is 9.16. The molecule has 4 nitrogen and oxygen atoms in total. The van der Waals surface area contributed by atoms with Crippen LogP contribution in [0.3, 0.4) is 0 Å². The minimum atomic E-state index is -0.0653. The Labute approximate surface area is 121 Å². The van der Waals surface area contributed by atoms with Crippen LogP contribution in [0.1, 0.15) is 40.0 Å². The lowest BCUT2D eigenvalue weighted by atomic mass is 9.63. The second-order valence-corrected chi connectivity index (χ2v) is 6.31. The van der Waals surface area contributed by atoms with Gasteiger partial charge < -0.3 is 0 Å². The highest BCUT2D eigenvalue weighted by Gasteiger charge is 2.41. The van der Waals surface area contributed by atoms with Crippen molar-refractivity contribution in [2.24, 2.45) is 20.8 Å². The zero-order valence-electron chi connectivity index (χ0n) is 12.7. The van der Waals surface area contributed by atoms with Gasteiger partial charge in [0.2, 0.25) is 12.2 Å². The van der Waals surface area contributed by atoms with Gasteiger partial charge in [0.15, 0.2) is 0 Å². The molecule has 1 aliphatic rings. The summed E-state index contributed by atoms with van der Waals surface area (Å²) in [6, 6.07) is 0.00750. The van der Waals surface area contributed by atoms with Gasteiger partial charge in [-0.15, -0.1) is 0 Å². The van der Waals surface area contributed by atoms with E-state index in [1.54, 1.807) is 24.3 Å². The van der Waals surface area contributed by atoms with Crippen LogP contribution in [0.4, 0.5) is 0 Å². The molecular weight excluding hydrogens is 252 g/mol. The molecule has 0 aromatic carbocycles. The van der Waals surface area contributed by atoms with Crippen molar-refractivity contribution in [1.29, 1.82) is 0 Å². The number of isocyanates is 2. The van der Waals surface area contributed by atoms with Crippen molar-refractivity contribution >= 4 is 12.2 Å². The molecule has 0 N–H and O–H groups in total. The molecule has 1 saturated carbocycles. The second kappa shape index (κ2) is 8.42. The Morgan fingerprint density at radius 1 is 1.15 bits per heavy atom. The average Bonchev–Trinajstić information content (AvgIpc) is 2.35. The molecule has 0 spiro atoms. The van der Waals surface area contributed by atoms with Crippen molar-refractivity contribution < 1.29 is 9.59 Å². The van der Waals surface area contributed by atoms with Gasteiger partial charge in [0.1, 0.15) is 0 Å². The first-order valence-electron chi connectivity index (χ1n) is 6.66. The molecule has 4 heteroatoms. The quantitative estimate of drug-likeness (QED) is 0.447. The highest BCUT2D eigenvalue weighted by molar-refractivity contribution is 5.34. The van der Waals surface area contributed by atoms with Gasteiger partial charge >= 0.3 is 0 Å². The summed E-state index contributed by atoms with van der Waals surface area (Å²) in [5.41, 5.74) is 0.0561. The number of nitrogens with zero attached hydrogens (tertiary/aromatic N) is 2. The maximum absolute atomic E-state index is 10.3. The number of hydrogen-bond donors (Lipinski definition) is 0. The minimum Gasteiger partial charge on any atom is -0.211 e. The van der Waals surface area contributed by atoms with Crippen LogP contribution in [-0.2, 0) is 9.59 Å². The molecule has 1 fully saturated rings. The van der Waals surface area contributed by atoms with Gasteiger partial charge in [0, 0.05) is 0 Å². The lowest BCUT2D eigenvalue weighted by Gasteiger charge is -2.44. The van der Waals surface area contributed by atoms with E-state index in [-0.39, 0.29) is 16.9 Å². The van der Waals surface area contributed by atoms with Crippen LogP contribution >= 0.6 is 0 Å². The zero-order chi connectivity index (χ0) is 15.6. The predicted molar refractivity (Wildman–Crippen MR) is 81.0 cm³/mol. The Bertz CT molecular complexity index is 424. The van der Waals surface area contributed by atoms with E-state index >= 15 is 0 Å². The van der Waals surface area contributed by atoms with Gasteiger partial charge in [-0.25, -0.2) is 19.6 Å². The fourth-order valence-electron chi connectivity index (χ4n) is 3.09. The van der Waals surface area contributed by atoms with Crippen LogP contribution in [0.25, 0.3) is 0 Å². The van der Waals surface area contributed by atoms with Gasteiger partial charge in [-0.1, -0.05) is 46.1 Å². The minimum absolute atomic E-state index is 0.00750. The Hall–Kier alpha value is -1.76. The SMILES string of the molecule is C=CC=C.CC1(C)CC(N=C=O)CC(C)(CN=C=O)C1. The molecule has 110 valence electrons. The van der Waals surface area contributed by atoms with Crippen LogP contribution < -0.4 is 0 Å². The number of rotatable bonds is 4. The van der Waals surface area contributed by atoms with Gasteiger partial charge in [-0.3, -0.25) is 0 Å². The fraction of sp³-hybridized carbons (Fsp3) is 0.625. The van der Waals surface area contributed by atoms with Gasteiger partial charge in [0.05, 0.1) is 12.6 Å². The topological polar surface area (TPSA) is 58.9 Å². The van der Waals surface area contributed by atoms with Gasteiger partial charge in [-0.05, 0) is 30.1 Å². The maximum Gasteiger partial charge on any atom is 0.235 e. The van der Waals surface area contributed by atoms with E-state index in [9.17, 15) is 9.59 Å². The third-order valence-corrected chi connectivity index (χ3v) is 3.35. The van der Waals surface area contributed by atoms with Crippen LogP contribution in [-0.4, -0.2) is 24.7 Å². The molecule has 20 heavy (non-hydrogen) atoms. The molecule has 0 radical (unpaired) electrons. The summed E-state index contributed by atoms with van der Waals surface area (Å²) < 4.78 is 0. The summed E-state index contributed by atoms with van der Waals surface area (Å²) in [6.45, 7) is 13.6.